The molecule has 0 radical (unpaired) electrons. The molecule has 3 heteroatoms. The third kappa shape index (κ3) is 5.28. The van der Waals surface area contributed by atoms with Gasteiger partial charge >= 0.3 is 0 Å². The number of hydrogen-bond acceptors (Lipinski definition) is 3. The van der Waals surface area contributed by atoms with Crippen molar-refractivity contribution in [3.8, 4) is 0 Å². The van der Waals surface area contributed by atoms with E-state index in [1.54, 1.807) is 7.11 Å². The second kappa shape index (κ2) is 7.25. The van der Waals surface area contributed by atoms with Crippen LogP contribution in [-0.4, -0.2) is 50.8 Å². The zero-order chi connectivity index (χ0) is 12.0. The fraction of sp³-hybridized carbons (Fsp3) is 1.00. The number of hydrogen-bond donors (Lipinski definition) is 1. The van der Waals surface area contributed by atoms with Gasteiger partial charge in [0.1, 0.15) is 0 Å². The van der Waals surface area contributed by atoms with Crippen molar-refractivity contribution < 1.29 is 4.74 Å². The maximum atomic E-state index is 5.08. The number of rotatable bonds is 9. The molecule has 1 aliphatic carbocycles. The Bertz CT molecular complexity index is 183. The molecule has 0 amide bonds. The minimum Gasteiger partial charge on any atom is -0.385 e. The molecular weight excluding hydrogens is 200 g/mol. The molecule has 1 rings (SSSR count). The number of methoxy groups -OCH3 is 1. The van der Waals surface area contributed by atoms with Gasteiger partial charge in [-0.15, -0.1) is 0 Å². The first-order chi connectivity index (χ1) is 7.65. The van der Waals surface area contributed by atoms with E-state index in [-0.39, 0.29) is 0 Å². The van der Waals surface area contributed by atoms with Crippen LogP contribution in [0, 0.1) is 5.92 Å². The van der Waals surface area contributed by atoms with E-state index in [1.807, 2.05) is 0 Å². The van der Waals surface area contributed by atoms with Crippen molar-refractivity contribution in [2.75, 3.05) is 33.9 Å². The molecule has 2 atom stereocenters. The van der Waals surface area contributed by atoms with E-state index in [4.69, 9.17) is 4.74 Å². The normalized spacial score (nSPS) is 20.1. The largest absolute Gasteiger partial charge is 0.385 e. The average Bonchev–Trinajstić information content (AvgIpc) is 3.08. The van der Waals surface area contributed by atoms with Crippen molar-refractivity contribution >= 4 is 0 Å². The van der Waals surface area contributed by atoms with Crippen molar-refractivity contribution in [2.45, 2.75) is 45.2 Å². The summed E-state index contributed by atoms with van der Waals surface area (Å²) >= 11 is 0. The van der Waals surface area contributed by atoms with Crippen LogP contribution < -0.4 is 5.32 Å². The highest BCUT2D eigenvalue weighted by Gasteiger charge is 2.23. The van der Waals surface area contributed by atoms with E-state index in [1.165, 1.54) is 12.8 Å². The minimum atomic E-state index is 0.642. The van der Waals surface area contributed by atoms with Crippen LogP contribution in [0.15, 0.2) is 0 Å². The number of nitrogens with zero attached hydrogens (tertiary/aromatic N) is 1. The van der Waals surface area contributed by atoms with Crippen LogP contribution in [0.25, 0.3) is 0 Å². The molecular formula is C13H28N2O. The van der Waals surface area contributed by atoms with E-state index in [9.17, 15) is 0 Å². The summed E-state index contributed by atoms with van der Waals surface area (Å²) in [6.45, 7) is 7.81. The quantitative estimate of drug-likeness (QED) is 0.608. The van der Waals surface area contributed by atoms with Crippen molar-refractivity contribution in [3.05, 3.63) is 0 Å². The van der Waals surface area contributed by atoms with Crippen LogP contribution in [0.1, 0.15) is 33.1 Å². The van der Waals surface area contributed by atoms with Gasteiger partial charge in [0, 0.05) is 32.3 Å². The van der Waals surface area contributed by atoms with E-state index in [0.29, 0.717) is 12.0 Å². The fourth-order valence-corrected chi connectivity index (χ4v) is 1.91. The molecule has 0 bridgehead atoms. The molecule has 0 spiro atoms. The summed E-state index contributed by atoms with van der Waals surface area (Å²) in [7, 11) is 3.99. The van der Waals surface area contributed by atoms with Gasteiger partial charge in [-0.2, -0.15) is 0 Å². The summed E-state index contributed by atoms with van der Waals surface area (Å²) in [5.74, 6) is 0.716. The first-order valence-corrected chi connectivity index (χ1v) is 6.57. The highest BCUT2D eigenvalue weighted by atomic mass is 16.5. The van der Waals surface area contributed by atoms with E-state index in [2.05, 4.69) is 31.1 Å². The third-order valence-corrected chi connectivity index (χ3v) is 3.68. The molecule has 0 aromatic carbocycles. The van der Waals surface area contributed by atoms with Crippen molar-refractivity contribution in [3.63, 3.8) is 0 Å². The molecule has 0 aliphatic heterocycles. The van der Waals surface area contributed by atoms with Crippen molar-refractivity contribution in [1.82, 2.24) is 10.2 Å². The zero-order valence-electron chi connectivity index (χ0n) is 11.3. The Morgan fingerprint density at radius 1 is 1.38 bits per heavy atom. The third-order valence-electron chi connectivity index (χ3n) is 3.68. The number of ether oxygens (including phenoxy) is 1. The molecule has 1 fully saturated rings. The smallest absolute Gasteiger partial charge is 0.0474 e. The lowest BCUT2D eigenvalue weighted by atomic mass is 10.0. The summed E-state index contributed by atoms with van der Waals surface area (Å²) in [6.07, 6.45) is 3.88. The lowest BCUT2D eigenvalue weighted by Gasteiger charge is -2.30. The predicted molar refractivity (Wildman–Crippen MR) is 68.8 cm³/mol. The van der Waals surface area contributed by atoms with E-state index >= 15 is 0 Å². The first kappa shape index (κ1) is 13.9. The predicted octanol–water partition coefficient (Wildman–Crippen LogP) is 1.73. The van der Waals surface area contributed by atoms with Crippen LogP contribution in [0.3, 0.4) is 0 Å². The maximum absolute atomic E-state index is 5.08. The van der Waals surface area contributed by atoms with Crippen molar-refractivity contribution in [2.24, 2.45) is 5.92 Å². The van der Waals surface area contributed by atoms with Crippen LogP contribution in [0.4, 0.5) is 0 Å². The second-order valence-electron chi connectivity index (χ2n) is 5.23. The Labute approximate surface area is 101 Å². The summed E-state index contributed by atoms with van der Waals surface area (Å²) in [6, 6.07) is 1.47. The average molecular weight is 228 g/mol. The summed E-state index contributed by atoms with van der Waals surface area (Å²) in [4.78, 5) is 2.44. The van der Waals surface area contributed by atoms with Crippen LogP contribution in [-0.2, 0) is 4.74 Å². The molecule has 0 aromatic heterocycles. The van der Waals surface area contributed by atoms with E-state index < -0.39 is 0 Å². The van der Waals surface area contributed by atoms with Crippen LogP contribution in [0.2, 0.25) is 0 Å². The molecule has 0 heterocycles. The van der Waals surface area contributed by atoms with Gasteiger partial charge < -0.3 is 15.0 Å². The molecule has 96 valence electrons. The Hall–Kier alpha value is -0.120. The van der Waals surface area contributed by atoms with Crippen LogP contribution in [0.5, 0.6) is 0 Å². The minimum absolute atomic E-state index is 0.642. The van der Waals surface area contributed by atoms with Gasteiger partial charge in [0.15, 0.2) is 0 Å². The van der Waals surface area contributed by atoms with Crippen molar-refractivity contribution in [1.29, 1.82) is 0 Å². The van der Waals surface area contributed by atoms with Gasteiger partial charge in [-0.05, 0) is 45.7 Å². The van der Waals surface area contributed by atoms with Gasteiger partial charge in [0.05, 0.1) is 0 Å². The molecule has 3 nitrogen and oxygen atoms in total. The number of nitrogens with one attached hydrogen (secondary N) is 1. The molecule has 0 aromatic rings. The second-order valence-corrected chi connectivity index (χ2v) is 5.23. The highest BCUT2D eigenvalue weighted by molar-refractivity contribution is 4.83. The summed E-state index contributed by atoms with van der Waals surface area (Å²) in [5.41, 5.74) is 0. The monoisotopic (exact) mass is 228 g/mol. The highest BCUT2D eigenvalue weighted by Crippen LogP contribution is 2.19. The Kier molecular flexibility index (Phi) is 6.32. The summed E-state index contributed by atoms with van der Waals surface area (Å²) in [5, 5.41) is 3.61. The fourth-order valence-electron chi connectivity index (χ4n) is 1.91. The molecule has 1 N–H and O–H groups in total. The molecule has 16 heavy (non-hydrogen) atoms. The summed E-state index contributed by atoms with van der Waals surface area (Å²) < 4.78 is 5.08. The van der Waals surface area contributed by atoms with Gasteiger partial charge in [0.25, 0.3) is 0 Å². The van der Waals surface area contributed by atoms with Crippen LogP contribution >= 0.6 is 0 Å². The molecule has 1 aliphatic rings. The Balaban J connectivity index is 2.11. The lowest BCUT2D eigenvalue weighted by molar-refractivity contribution is 0.151. The lowest BCUT2D eigenvalue weighted by Crippen LogP contribution is -2.40. The first-order valence-electron chi connectivity index (χ1n) is 6.57. The maximum Gasteiger partial charge on any atom is 0.0474 e. The molecule has 0 saturated heterocycles. The Morgan fingerprint density at radius 2 is 2.06 bits per heavy atom. The zero-order valence-corrected chi connectivity index (χ0v) is 11.3. The van der Waals surface area contributed by atoms with Gasteiger partial charge in [-0.25, -0.2) is 0 Å². The van der Waals surface area contributed by atoms with Gasteiger partial charge in [0.2, 0.25) is 0 Å². The molecule has 2 unspecified atom stereocenters. The van der Waals surface area contributed by atoms with Gasteiger partial charge in [-0.1, -0.05) is 6.92 Å². The Morgan fingerprint density at radius 3 is 2.62 bits per heavy atom. The van der Waals surface area contributed by atoms with E-state index in [0.717, 1.165) is 32.2 Å². The molecule has 1 saturated carbocycles. The topological polar surface area (TPSA) is 24.5 Å². The standard InChI is InChI=1S/C13H28N2O/c1-11(10-14-13-6-7-13)12(2)15(3)8-5-9-16-4/h11-14H,5-10H2,1-4H3. The SMILES string of the molecule is COCCCN(C)C(C)C(C)CNC1CC1. The van der Waals surface area contributed by atoms with Gasteiger partial charge in [-0.3, -0.25) is 0 Å².